The highest BCUT2D eigenvalue weighted by molar-refractivity contribution is 6.05. The molecule has 1 rings (SSSR count). The van der Waals surface area contributed by atoms with Crippen molar-refractivity contribution in [2.75, 3.05) is 11.5 Å². The van der Waals surface area contributed by atoms with Gasteiger partial charge in [-0.3, -0.25) is 15.5 Å². The molecule has 0 fully saturated rings. The molecule has 6 nitrogen and oxygen atoms in total. The second-order valence-corrected chi connectivity index (χ2v) is 2.71. The van der Waals surface area contributed by atoms with Gasteiger partial charge in [-0.1, -0.05) is 0 Å². The number of anilines is 2. The van der Waals surface area contributed by atoms with Crippen molar-refractivity contribution in [3.8, 4) is 0 Å². The van der Waals surface area contributed by atoms with E-state index in [1.54, 1.807) is 0 Å². The first kappa shape index (κ1) is 9.85. The molecule has 0 aliphatic carbocycles. The van der Waals surface area contributed by atoms with Gasteiger partial charge in [-0.05, 0) is 18.2 Å². The minimum Gasteiger partial charge on any atom is -0.397 e. The van der Waals surface area contributed by atoms with Gasteiger partial charge in [0.2, 0.25) is 0 Å². The van der Waals surface area contributed by atoms with Crippen LogP contribution < -0.4 is 22.5 Å². The maximum Gasteiger partial charge on any atom is 0.258 e. The summed E-state index contributed by atoms with van der Waals surface area (Å²) in [5.41, 5.74) is 17.0. The highest BCUT2D eigenvalue weighted by Gasteiger charge is 2.07. The molecule has 0 aliphatic rings. The van der Waals surface area contributed by atoms with Gasteiger partial charge in [0, 0.05) is 5.56 Å². The molecule has 74 valence electrons. The number of carbonyl (C=O) groups is 1. The van der Waals surface area contributed by atoms with Gasteiger partial charge in [-0.15, -0.1) is 0 Å². The Morgan fingerprint density at radius 3 is 2.43 bits per heavy atom. The monoisotopic (exact) mass is 193 g/mol. The van der Waals surface area contributed by atoms with Gasteiger partial charge in [0.15, 0.2) is 5.96 Å². The predicted molar refractivity (Wildman–Crippen MR) is 54.6 cm³/mol. The maximum absolute atomic E-state index is 11.3. The molecule has 14 heavy (non-hydrogen) atoms. The van der Waals surface area contributed by atoms with E-state index in [1.807, 2.05) is 0 Å². The third-order valence-corrected chi connectivity index (χ3v) is 1.60. The lowest BCUT2D eigenvalue weighted by molar-refractivity contribution is 0.0976. The average molecular weight is 193 g/mol. The molecule has 0 unspecified atom stereocenters. The summed E-state index contributed by atoms with van der Waals surface area (Å²) in [5, 5.41) is 8.99. The van der Waals surface area contributed by atoms with E-state index in [4.69, 9.17) is 22.6 Å². The van der Waals surface area contributed by atoms with Crippen LogP contribution in [-0.4, -0.2) is 11.9 Å². The van der Waals surface area contributed by atoms with E-state index in [0.717, 1.165) is 0 Å². The van der Waals surface area contributed by atoms with E-state index < -0.39 is 11.9 Å². The summed E-state index contributed by atoms with van der Waals surface area (Å²) in [6.07, 6.45) is 0. The van der Waals surface area contributed by atoms with Crippen LogP contribution in [0.5, 0.6) is 0 Å². The lowest BCUT2D eigenvalue weighted by Crippen LogP contribution is -2.35. The minimum absolute atomic E-state index is 0.312. The number of hydrogen-bond acceptors (Lipinski definition) is 4. The van der Waals surface area contributed by atoms with E-state index in [-0.39, 0.29) is 0 Å². The second-order valence-electron chi connectivity index (χ2n) is 2.71. The molecule has 0 heterocycles. The smallest absolute Gasteiger partial charge is 0.258 e. The minimum atomic E-state index is -0.482. The molecule has 6 heteroatoms. The molecular weight excluding hydrogens is 182 g/mol. The highest BCUT2D eigenvalue weighted by Crippen LogP contribution is 2.15. The summed E-state index contributed by atoms with van der Waals surface area (Å²) in [4.78, 5) is 11.3. The standard InChI is InChI=1S/C8H11N5O/c9-5-2-1-4(3-6(5)10)7(14)13-8(11)12/h1-3H,9-10H2,(H4,11,12,13,14). The number of nitrogens with one attached hydrogen (secondary N) is 2. The van der Waals surface area contributed by atoms with Gasteiger partial charge < -0.3 is 17.2 Å². The van der Waals surface area contributed by atoms with Crippen LogP contribution in [0.4, 0.5) is 11.4 Å². The predicted octanol–water partition coefficient (Wildman–Crippen LogP) is -0.526. The summed E-state index contributed by atoms with van der Waals surface area (Å²) in [6.45, 7) is 0. The number of nitrogens with two attached hydrogens (primary N) is 3. The fraction of sp³-hybridized carbons (Fsp3) is 0. The van der Waals surface area contributed by atoms with Crippen molar-refractivity contribution < 1.29 is 4.79 Å². The van der Waals surface area contributed by atoms with E-state index >= 15 is 0 Å². The summed E-state index contributed by atoms with van der Waals surface area (Å²) in [5.74, 6) is -0.894. The summed E-state index contributed by atoms with van der Waals surface area (Å²) in [7, 11) is 0. The summed E-state index contributed by atoms with van der Waals surface area (Å²) < 4.78 is 0. The molecule has 0 aliphatic heterocycles. The Bertz CT molecular complexity index is 387. The fourth-order valence-corrected chi connectivity index (χ4v) is 0.910. The van der Waals surface area contributed by atoms with Gasteiger partial charge in [0.25, 0.3) is 5.91 Å². The Morgan fingerprint density at radius 2 is 1.93 bits per heavy atom. The first-order valence-corrected chi connectivity index (χ1v) is 3.81. The molecule has 0 aromatic heterocycles. The van der Waals surface area contributed by atoms with Crippen molar-refractivity contribution in [3.05, 3.63) is 23.8 Å². The molecule has 1 amide bonds. The molecular formula is C8H11N5O. The molecule has 0 saturated carbocycles. The van der Waals surface area contributed by atoms with Crippen molar-refractivity contribution in [1.29, 1.82) is 5.41 Å². The number of rotatable bonds is 1. The third kappa shape index (κ3) is 2.13. The topological polar surface area (TPSA) is 131 Å². The molecule has 0 saturated heterocycles. The van der Waals surface area contributed by atoms with Crippen molar-refractivity contribution in [2.24, 2.45) is 5.73 Å². The number of benzene rings is 1. The van der Waals surface area contributed by atoms with Crippen LogP contribution in [0.25, 0.3) is 0 Å². The molecule has 0 atom stereocenters. The maximum atomic E-state index is 11.3. The molecule has 8 N–H and O–H groups in total. The van der Waals surface area contributed by atoms with Gasteiger partial charge in [-0.25, -0.2) is 0 Å². The van der Waals surface area contributed by atoms with Crippen LogP contribution in [0.2, 0.25) is 0 Å². The first-order chi connectivity index (χ1) is 6.50. The second kappa shape index (κ2) is 3.65. The van der Waals surface area contributed by atoms with E-state index in [9.17, 15) is 4.79 Å². The SMILES string of the molecule is N=C(N)NC(=O)c1ccc(N)c(N)c1. The van der Waals surface area contributed by atoms with E-state index in [0.29, 0.717) is 16.9 Å². The lowest BCUT2D eigenvalue weighted by Gasteiger charge is -2.04. The normalized spacial score (nSPS) is 9.43. The van der Waals surface area contributed by atoms with Gasteiger partial charge in [0.05, 0.1) is 11.4 Å². The van der Waals surface area contributed by atoms with Crippen molar-refractivity contribution in [3.63, 3.8) is 0 Å². The van der Waals surface area contributed by atoms with Crippen molar-refractivity contribution in [1.82, 2.24) is 5.32 Å². The van der Waals surface area contributed by atoms with Crippen LogP contribution in [0.3, 0.4) is 0 Å². The molecule has 0 radical (unpaired) electrons. The van der Waals surface area contributed by atoms with Gasteiger partial charge in [-0.2, -0.15) is 0 Å². The number of nitrogen functional groups attached to an aromatic ring is 2. The largest absolute Gasteiger partial charge is 0.397 e. The average Bonchev–Trinajstić information content (AvgIpc) is 2.08. The Hall–Kier alpha value is -2.24. The lowest BCUT2D eigenvalue weighted by atomic mass is 10.1. The zero-order valence-electron chi connectivity index (χ0n) is 7.37. The molecule has 0 spiro atoms. The molecule has 1 aromatic rings. The van der Waals surface area contributed by atoms with Crippen LogP contribution in [-0.2, 0) is 0 Å². The first-order valence-electron chi connectivity index (χ1n) is 3.81. The third-order valence-electron chi connectivity index (χ3n) is 1.60. The summed E-state index contributed by atoms with van der Waals surface area (Å²) >= 11 is 0. The van der Waals surface area contributed by atoms with Crippen molar-refractivity contribution in [2.45, 2.75) is 0 Å². The van der Waals surface area contributed by atoms with Crippen LogP contribution in [0, 0.1) is 5.41 Å². The summed E-state index contributed by atoms with van der Waals surface area (Å²) in [6, 6.07) is 4.45. The van der Waals surface area contributed by atoms with Crippen LogP contribution in [0.15, 0.2) is 18.2 Å². The Balaban J connectivity index is 2.91. The zero-order valence-corrected chi connectivity index (χ0v) is 7.37. The Morgan fingerprint density at radius 1 is 1.29 bits per heavy atom. The van der Waals surface area contributed by atoms with E-state index in [1.165, 1.54) is 18.2 Å². The Kier molecular flexibility index (Phi) is 2.57. The quantitative estimate of drug-likeness (QED) is 0.233. The van der Waals surface area contributed by atoms with E-state index in [2.05, 4.69) is 5.32 Å². The van der Waals surface area contributed by atoms with Crippen LogP contribution >= 0.6 is 0 Å². The van der Waals surface area contributed by atoms with Crippen LogP contribution in [0.1, 0.15) is 10.4 Å². The number of hydrogen-bond donors (Lipinski definition) is 5. The molecule has 0 bridgehead atoms. The van der Waals surface area contributed by atoms with Gasteiger partial charge >= 0.3 is 0 Å². The molecule has 1 aromatic carbocycles. The fourth-order valence-electron chi connectivity index (χ4n) is 0.910. The zero-order chi connectivity index (χ0) is 10.7. The van der Waals surface area contributed by atoms with Gasteiger partial charge in [0.1, 0.15) is 0 Å². The number of carbonyl (C=O) groups excluding carboxylic acids is 1. The van der Waals surface area contributed by atoms with Crippen molar-refractivity contribution >= 4 is 23.2 Å². The number of guanidine groups is 1. The number of amides is 1. The Labute approximate surface area is 80.6 Å². The highest BCUT2D eigenvalue weighted by atomic mass is 16.1.